The number of anilines is 1. The summed E-state index contributed by atoms with van der Waals surface area (Å²) >= 11 is 1.34. The summed E-state index contributed by atoms with van der Waals surface area (Å²) in [5.41, 5.74) is 6.14. The number of thiazole rings is 1. The average Bonchev–Trinajstić information content (AvgIpc) is 3.08. The van der Waals surface area contributed by atoms with Crippen LogP contribution in [0.15, 0.2) is 5.38 Å². The maximum atomic E-state index is 12.4. The van der Waals surface area contributed by atoms with E-state index in [4.69, 9.17) is 5.73 Å². The molecule has 5 heteroatoms. The highest BCUT2D eigenvalue weighted by Gasteiger charge is 2.36. The summed E-state index contributed by atoms with van der Waals surface area (Å²) in [4.78, 5) is 18.6. The molecule has 1 aliphatic heterocycles. The van der Waals surface area contributed by atoms with Crippen molar-refractivity contribution < 1.29 is 4.79 Å². The first-order chi connectivity index (χ1) is 8.75. The molecule has 1 saturated carbocycles. The quantitative estimate of drug-likeness (QED) is 0.894. The van der Waals surface area contributed by atoms with Gasteiger partial charge < -0.3 is 10.6 Å². The maximum absolute atomic E-state index is 12.4. The Bertz CT molecular complexity index is 439. The third-order valence-electron chi connectivity index (χ3n) is 4.25. The highest BCUT2D eigenvalue weighted by molar-refractivity contribution is 7.13. The number of hydrogen-bond donors (Lipinski definition) is 1. The molecule has 1 aromatic rings. The smallest absolute Gasteiger partial charge is 0.273 e. The molecule has 0 aromatic carbocycles. The Balaban J connectivity index is 1.75. The fourth-order valence-corrected chi connectivity index (χ4v) is 3.95. The number of carbonyl (C=O) groups is 1. The van der Waals surface area contributed by atoms with Gasteiger partial charge in [0, 0.05) is 18.0 Å². The predicted octanol–water partition coefficient (Wildman–Crippen LogP) is 2.52. The summed E-state index contributed by atoms with van der Waals surface area (Å²) in [7, 11) is 0. The molecule has 1 unspecified atom stereocenters. The fraction of sp³-hybridized carbons (Fsp3) is 0.692. The van der Waals surface area contributed by atoms with Gasteiger partial charge in [-0.1, -0.05) is 12.8 Å². The van der Waals surface area contributed by atoms with E-state index in [1.54, 1.807) is 5.38 Å². The third kappa shape index (κ3) is 2.11. The number of carbonyl (C=O) groups excluding carboxylic acids is 1. The zero-order chi connectivity index (χ0) is 12.5. The lowest BCUT2D eigenvalue weighted by atomic mass is 9.96. The molecular formula is C13H19N3OS. The Morgan fingerprint density at radius 2 is 2.11 bits per heavy atom. The van der Waals surface area contributed by atoms with Crippen molar-refractivity contribution >= 4 is 22.4 Å². The van der Waals surface area contributed by atoms with E-state index < -0.39 is 0 Å². The molecule has 3 rings (SSSR count). The second kappa shape index (κ2) is 4.88. The van der Waals surface area contributed by atoms with E-state index in [0.29, 0.717) is 22.8 Å². The van der Waals surface area contributed by atoms with Gasteiger partial charge in [-0.15, -0.1) is 11.3 Å². The van der Waals surface area contributed by atoms with Gasteiger partial charge >= 0.3 is 0 Å². The Hall–Kier alpha value is -1.10. The maximum Gasteiger partial charge on any atom is 0.273 e. The summed E-state index contributed by atoms with van der Waals surface area (Å²) in [6.45, 7) is 0.886. The van der Waals surface area contributed by atoms with Crippen LogP contribution in [0.2, 0.25) is 0 Å². The van der Waals surface area contributed by atoms with Gasteiger partial charge in [-0.25, -0.2) is 4.98 Å². The highest BCUT2D eigenvalue weighted by Crippen LogP contribution is 2.36. The van der Waals surface area contributed by atoms with Crippen LogP contribution in [0.4, 0.5) is 5.13 Å². The topological polar surface area (TPSA) is 59.2 Å². The number of nitrogens with two attached hydrogens (primary N) is 1. The lowest BCUT2D eigenvalue weighted by Crippen LogP contribution is -2.39. The van der Waals surface area contributed by atoms with Crippen LogP contribution in [0.25, 0.3) is 0 Å². The van der Waals surface area contributed by atoms with E-state index in [2.05, 4.69) is 4.98 Å². The molecule has 4 nitrogen and oxygen atoms in total. The first-order valence-electron chi connectivity index (χ1n) is 6.77. The molecule has 98 valence electrons. The van der Waals surface area contributed by atoms with Crippen molar-refractivity contribution in [2.75, 3.05) is 12.3 Å². The zero-order valence-corrected chi connectivity index (χ0v) is 11.3. The molecule has 1 atom stereocenters. The van der Waals surface area contributed by atoms with Crippen LogP contribution in [0.1, 0.15) is 49.0 Å². The van der Waals surface area contributed by atoms with Gasteiger partial charge in [-0.3, -0.25) is 4.79 Å². The van der Waals surface area contributed by atoms with Gasteiger partial charge in [0.15, 0.2) is 5.13 Å². The van der Waals surface area contributed by atoms with Gasteiger partial charge in [-0.05, 0) is 31.6 Å². The van der Waals surface area contributed by atoms with Crippen molar-refractivity contribution in [3.8, 4) is 0 Å². The monoisotopic (exact) mass is 265 g/mol. The number of aromatic nitrogens is 1. The minimum absolute atomic E-state index is 0.0809. The normalized spacial score (nSPS) is 24.9. The van der Waals surface area contributed by atoms with Crippen LogP contribution in [0.5, 0.6) is 0 Å². The van der Waals surface area contributed by atoms with Gasteiger partial charge in [0.25, 0.3) is 5.91 Å². The van der Waals surface area contributed by atoms with E-state index >= 15 is 0 Å². The van der Waals surface area contributed by atoms with Crippen LogP contribution in [0.3, 0.4) is 0 Å². The second-order valence-electron chi connectivity index (χ2n) is 5.32. The van der Waals surface area contributed by atoms with Crippen molar-refractivity contribution in [3.05, 3.63) is 11.1 Å². The van der Waals surface area contributed by atoms with E-state index in [-0.39, 0.29) is 5.91 Å². The summed E-state index contributed by atoms with van der Waals surface area (Å²) in [6.07, 6.45) is 7.52. The van der Waals surface area contributed by atoms with Crippen LogP contribution >= 0.6 is 11.3 Å². The first kappa shape index (κ1) is 12.0. The number of amides is 1. The number of likely N-dealkylation sites (tertiary alicyclic amines) is 1. The molecule has 1 saturated heterocycles. The van der Waals surface area contributed by atoms with E-state index in [1.807, 2.05) is 4.90 Å². The number of hydrogen-bond acceptors (Lipinski definition) is 4. The molecule has 2 heterocycles. The number of nitrogens with zero attached hydrogens (tertiary/aromatic N) is 2. The van der Waals surface area contributed by atoms with Gasteiger partial charge in [-0.2, -0.15) is 0 Å². The molecule has 1 aliphatic carbocycles. The Labute approximate surface area is 111 Å². The van der Waals surface area contributed by atoms with Gasteiger partial charge in [0.1, 0.15) is 5.69 Å². The van der Waals surface area contributed by atoms with E-state index in [9.17, 15) is 4.79 Å². The van der Waals surface area contributed by atoms with Gasteiger partial charge in [0.05, 0.1) is 0 Å². The van der Waals surface area contributed by atoms with Crippen LogP contribution in [0, 0.1) is 5.92 Å². The fourth-order valence-electron chi connectivity index (χ4n) is 3.41. The standard InChI is InChI=1S/C13H19N3OS/c14-13-15-10(8-18-13)12(17)16-7-3-6-11(16)9-4-1-2-5-9/h8-9,11H,1-7H2,(H2,14,15). The first-order valence-corrected chi connectivity index (χ1v) is 7.65. The van der Waals surface area contributed by atoms with Crippen molar-refractivity contribution in [1.29, 1.82) is 0 Å². The van der Waals surface area contributed by atoms with Crippen molar-refractivity contribution in [2.24, 2.45) is 5.92 Å². The number of nitrogen functional groups attached to an aromatic ring is 1. The minimum atomic E-state index is 0.0809. The summed E-state index contributed by atoms with van der Waals surface area (Å²) in [5.74, 6) is 0.796. The summed E-state index contributed by atoms with van der Waals surface area (Å²) < 4.78 is 0. The largest absolute Gasteiger partial charge is 0.375 e. The SMILES string of the molecule is Nc1nc(C(=O)N2CCCC2C2CCCC2)cs1. The van der Waals surface area contributed by atoms with Crippen LogP contribution < -0.4 is 5.73 Å². The zero-order valence-electron chi connectivity index (χ0n) is 10.5. The molecule has 1 amide bonds. The summed E-state index contributed by atoms with van der Waals surface area (Å²) in [6, 6.07) is 0.447. The van der Waals surface area contributed by atoms with Crippen LogP contribution in [-0.4, -0.2) is 28.4 Å². The highest BCUT2D eigenvalue weighted by atomic mass is 32.1. The van der Waals surface area contributed by atoms with Crippen molar-refractivity contribution in [3.63, 3.8) is 0 Å². The lowest BCUT2D eigenvalue weighted by molar-refractivity contribution is 0.0684. The van der Waals surface area contributed by atoms with Crippen molar-refractivity contribution in [1.82, 2.24) is 9.88 Å². The molecular weight excluding hydrogens is 246 g/mol. The van der Waals surface area contributed by atoms with E-state index in [1.165, 1.54) is 37.0 Å². The average molecular weight is 265 g/mol. The summed E-state index contributed by atoms with van der Waals surface area (Å²) in [5, 5.41) is 2.26. The molecule has 2 aliphatic rings. The second-order valence-corrected chi connectivity index (χ2v) is 6.21. The van der Waals surface area contributed by atoms with E-state index in [0.717, 1.165) is 19.4 Å². The Morgan fingerprint density at radius 3 is 2.78 bits per heavy atom. The van der Waals surface area contributed by atoms with Crippen LogP contribution in [-0.2, 0) is 0 Å². The molecule has 0 bridgehead atoms. The lowest BCUT2D eigenvalue weighted by Gasteiger charge is -2.28. The minimum Gasteiger partial charge on any atom is -0.375 e. The molecule has 2 N–H and O–H groups in total. The Kier molecular flexibility index (Phi) is 3.24. The number of rotatable bonds is 2. The van der Waals surface area contributed by atoms with Gasteiger partial charge in [0.2, 0.25) is 0 Å². The molecule has 1 aromatic heterocycles. The Morgan fingerprint density at radius 1 is 1.33 bits per heavy atom. The third-order valence-corrected chi connectivity index (χ3v) is 4.92. The van der Waals surface area contributed by atoms with Crippen molar-refractivity contribution in [2.45, 2.75) is 44.6 Å². The predicted molar refractivity (Wildman–Crippen MR) is 72.5 cm³/mol. The molecule has 0 spiro atoms. The molecule has 2 fully saturated rings. The molecule has 0 radical (unpaired) electrons. The molecule has 18 heavy (non-hydrogen) atoms.